The van der Waals surface area contributed by atoms with E-state index in [0.29, 0.717) is 22.9 Å². The summed E-state index contributed by atoms with van der Waals surface area (Å²) in [6, 6.07) is 3.19. The SMILES string of the molecule is CC.Cc1ccc(F)c(CC(C)C)c1Cl. The molecule has 0 aromatic heterocycles. The molecule has 0 spiro atoms. The number of rotatable bonds is 2. The van der Waals surface area contributed by atoms with Gasteiger partial charge in [-0.05, 0) is 30.9 Å². The van der Waals surface area contributed by atoms with Crippen molar-refractivity contribution in [3.05, 3.63) is 34.1 Å². The first-order valence-electron chi connectivity index (χ1n) is 5.46. The molecule has 86 valence electrons. The average molecular weight is 231 g/mol. The normalized spacial score (nSPS) is 9.87. The van der Waals surface area contributed by atoms with Gasteiger partial charge in [-0.25, -0.2) is 4.39 Å². The topological polar surface area (TPSA) is 0 Å². The molecule has 0 nitrogen and oxygen atoms in total. The van der Waals surface area contributed by atoms with Gasteiger partial charge in [0.1, 0.15) is 5.82 Å². The van der Waals surface area contributed by atoms with Crippen LogP contribution in [-0.4, -0.2) is 0 Å². The summed E-state index contributed by atoms with van der Waals surface area (Å²) in [4.78, 5) is 0. The smallest absolute Gasteiger partial charge is 0.127 e. The van der Waals surface area contributed by atoms with Gasteiger partial charge in [-0.15, -0.1) is 0 Å². The van der Waals surface area contributed by atoms with Crippen molar-refractivity contribution in [1.82, 2.24) is 0 Å². The summed E-state index contributed by atoms with van der Waals surface area (Å²) < 4.78 is 13.3. The molecular weight excluding hydrogens is 211 g/mol. The second-order valence-corrected chi connectivity index (χ2v) is 4.13. The van der Waals surface area contributed by atoms with Gasteiger partial charge in [-0.2, -0.15) is 0 Å². The summed E-state index contributed by atoms with van der Waals surface area (Å²) >= 11 is 6.00. The molecule has 0 saturated heterocycles. The molecule has 0 fully saturated rings. The van der Waals surface area contributed by atoms with E-state index >= 15 is 0 Å². The monoisotopic (exact) mass is 230 g/mol. The van der Waals surface area contributed by atoms with Crippen molar-refractivity contribution in [2.24, 2.45) is 5.92 Å². The molecule has 0 radical (unpaired) electrons. The molecular formula is C13H20ClF. The maximum Gasteiger partial charge on any atom is 0.127 e. The second kappa shape index (κ2) is 6.84. The number of aryl methyl sites for hydroxylation is 1. The van der Waals surface area contributed by atoms with E-state index in [0.717, 1.165) is 5.56 Å². The molecule has 2 heteroatoms. The first-order chi connectivity index (χ1) is 7.02. The molecule has 1 rings (SSSR count). The number of hydrogen-bond acceptors (Lipinski definition) is 0. The maximum atomic E-state index is 13.3. The van der Waals surface area contributed by atoms with Crippen LogP contribution < -0.4 is 0 Å². The van der Waals surface area contributed by atoms with E-state index in [1.54, 1.807) is 6.07 Å². The minimum Gasteiger partial charge on any atom is -0.207 e. The Kier molecular flexibility index (Phi) is 6.58. The van der Waals surface area contributed by atoms with E-state index < -0.39 is 0 Å². The highest BCUT2D eigenvalue weighted by atomic mass is 35.5. The second-order valence-electron chi connectivity index (χ2n) is 3.75. The Morgan fingerprint density at radius 1 is 1.27 bits per heavy atom. The first kappa shape index (κ1) is 14.4. The van der Waals surface area contributed by atoms with Crippen molar-refractivity contribution in [2.45, 2.75) is 41.0 Å². The van der Waals surface area contributed by atoms with Crippen LogP contribution in [-0.2, 0) is 6.42 Å². The van der Waals surface area contributed by atoms with Gasteiger partial charge in [0.2, 0.25) is 0 Å². The molecule has 15 heavy (non-hydrogen) atoms. The summed E-state index contributed by atoms with van der Waals surface area (Å²) in [5, 5.41) is 0.578. The minimum absolute atomic E-state index is 0.190. The molecule has 1 aromatic carbocycles. The molecule has 0 saturated carbocycles. The Balaban J connectivity index is 0.000000921. The molecule has 1 aromatic rings. The zero-order chi connectivity index (χ0) is 12.0. The first-order valence-corrected chi connectivity index (χ1v) is 5.83. The molecule has 0 amide bonds. The standard InChI is InChI=1S/C11H14ClF.C2H6/c1-7(2)6-9-10(13)5-4-8(3)11(9)12;1-2/h4-5,7H,6H2,1-3H3;1-2H3. The lowest BCUT2D eigenvalue weighted by Gasteiger charge is -2.10. The largest absolute Gasteiger partial charge is 0.207 e. The highest BCUT2D eigenvalue weighted by molar-refractivity contribution is 6.32. The van der Waals surface area contributed by atoms with Crippen LogP contribution in [0.4, 0.5) is 4.39 Å². The van der Waals surface area contributed by atoms with Crippen molar-refractivity contribution in [3.63, 3.8) is 0 Å². The van der Waals surface area contributed by atoms with Crippen LogP contribution in [0.1, 0.15) is 38.8 Å². The zero-order valence-electron chi connectivity index (χ0n) is 10.2. The average Bonchev–Trinajstić information content (AvgIpc) is 2.21. The Labute approximate surface area is 97.5 Å². The van der Waals surface area contributed by atoms with Crippen molar-refractivity contribution in [1.29, 1.82) is 0 Å². The van der Waals surface area contributed by atoms with Gasteiger partial charge in [0.15, 0.2) is 0 Å². The molecule has 0 N–H and O–H groups in total. The summed E-state index contributed by atoms with van der Waals surface area (Å²) in [6.07, 6.45) is 0.701. The quantitative estimate of drug-likeness (QED) is 0.670. The van der Waals surface area contributed by atoms with Crippen molar-refractivity contribution in [3.8, 4) is 0 Å². The van der Waals surface area contributed by atoms with Crippen LogP contribution in [0.5, 0.6) is 0 Å². The van der Waals surface area contributed by atoms with Gasteiger partial charge in [0.25, 0.3) is 0 Å². The predicted octanol–water partition coefficient (Wildman–Crippen LogP) is 5.01. The maximum absolute atomic E-state index is 13.3. The molecule has 0 heterocycles. The fraction of sp³-hybridized carbons (Fsp3) is 0.538. The molecule has 0 bridgehead atoms. The molecule has 0 aliphatic rings. The third-order valence-electron chi connectivity index (χ3n) is 1.99. The third kappa shape index (κ3) is 4.21. The van der Waals surface area contributed by atoms with Gasteiger partial charge in [0.05, 0.1) is 0 Å². The van der Waals surface area contributed by atoms with Gasteiger partial charge < -0.3 is 0 Å². The Bertz CT molecular complexity index is 306. The summed E-state index contributed by atoms with van der Waals surface area (Å²) in [7, 11) is 0. The lowest BCUT2D eigenvalue weighted by atomic mass is 10.0. The van der Waals surface area contributed by atoms with E-state index in [1.165, 1.54) is 6.07 Å². The third-order valence-corrected chi connectivity index (χ3v) is 2.52. The Morgan fingerprint density at radius 3 is 2.27 bits per heavy atom. The van der Waals surface area contributed by atoms with Crippen LogP contribution in [0.2, 0.25) is 5.02 Å². The zero-order valence-corrected chi connectivity index (χ0v) is 11.0. The highest BCUT2D eigenvalue weighted by Crippen LogP contribution is 2.25. The molecule has 0 atom stereocenters. The fourth-order valence-electron chi connectivity index (χ4n) is 1.31. The number of hydrogen-bond donors (Lipinski definition) is 0. The predicted molar refractivity (Wildman–Crippen MR) is 66.0 cm³/mol. The lowest BCUT2D eigenvalue weighted by molar-refractivity contribution is 0.574. The highest BCUT2D eigenvalue weighted by Gasteiger charge is 2.10. The van der Waals surface area contributed by atoms with E-state index in [1.807, 2.05) is 20.8 Å². The summed E-state index contributed by atoms with van der Waals surface area (Å²) in [6.45, 7) is 10.0. The number of halogens is 2. The van der Waals surface area contributed by atoms with Crippen LogP contribution in [0.25, 0.3) is 0 Å². The van der Waals surface area contributed by atoms with Gasteiger partial charge in [-0.3, -0.25) is 0 Å². The van der Waals surface area contributed by atoms with Crippen LogP contribution in [0.3, 0.4) is 0 Å². The van der Waals surface area contributed by atoms with Crippen LogP contribution in [0.15, 0.2) is 12.1 Å². The Morgan fingerprint density at radius 2 is 1.80 bits per heavy atom. The molecule has 0 unspecified atom stereocenters. The number of benzene rings is 1. The van der Waals surface area contributed by atoms with Crippen LogP contribution >= 0.6 is 11.6 Å². The van der Waals surface area contributed by atoms with Crippen LogP contribution in [0, 0.1) is 18.7 Å². The van der Waals surface area contributed by atoms with E-state index in [-0.39, 0.29) is 5.82 Å². The van der Waals surface area contributed by atoms with E-state index in [9.17, 15) is 4.39 Å². The fourth-order valence-corrected chi connectivity index (χ4v) is 1.54. The van der Waals surface area contributed by atoms with Crippen molar-refractivity contribution >= 4 is 11.6 Å². The Hall–Kier alpha value is -0.560. The van der Waals surface area contributed by atoms with E-state index in [2.05, 4.69) is 13.8 Å². The van der Waals surface area contributed by atoms with Gasteiger partial charge >= 0.3 is 0 Å². The summed E-state index contributed by atoms with van der Waals surface area (Å²) in [5.74, 6) is 0.234. The van der Waals surface area contributed by atoms with Gasteiger partial charge in [-0.1, -0.05) is 45.4 Å². The molecule has 0 aliphatic heterocycles. The van der Waals surface area contributed by atoms with E-state index in [4.69, 9.17) is 11.6 Å². The van der Waals surface area contributed by atoms with Gasteiger partial charge in [0, 0.05) is 10.6 Å². The minimum atomic E-state index is -0.190. The molecule has 0 aliphatic carbocycles. The summed E-state index contributed by atoms with van der Waals surface area (Å²) in [5.41, 5.74) is 1.59. The van der Waals surface area contributed by atoms with Crippen molar-refractivity contribution in [2.75, 3.05) is 0 Å². The van der Waals surface area contributed by atoms with Crippen molar-refractivity contribution < 1.29 is 4.39 Å². The lowest BCUT2D eigenvalue weighted by Crippen LogP contribution is -1.99.